The smallest absolute Gasteiger partial charge is 0.278 e. The van der Waals surface area contributed by atoms with E-state index in [2.05, 4.69) is 38.8 Å². The topological polar surface area (TPSA) is 55.9 Å². The van der Waals surface area contributed by atoms with Crippen molar-refractivity contribution in [3.8, 4) is 0 Å². The first-order chi connectivity index (χ1) is 12.4. The van der Waals surface area contributed by atoms with Gasteiger partial charge in [0.25, 0.3) is 10.2 Å². The lowest BCUT2D eigenvalue weighted by molar-refractivity contribution is 0.0486. The highest BCUT2D eigenvalue weighted by molar-refractivity contribution is 7.87. The number of para-hydroxylation sites is 1. The first kappa shape index (κ1) is 19.6. The fourth-order valence-electron chi connectivity index (χ4n) is 4.25. The Hall–Kier alpha value is -1.15. The quantitative estimate of drug-likeness (QED) is 0.819. The highest BCUT2D eigenvalue weighted by Gasteiger charge is 2.40. The van der Waals surface area contributed by atoms with Crippen molar-refractivity contribution in [1.82, 2.24) is 13.9 Å². The Morgan fingerprint density at radius 1 is 1.00 bits per heavy atom. The molecule has 1 aliphatic carbocycles. The van der Waals surface area contributed by atoms with Crippen LogP contribution in [0.1, 0.15) is 32.1 Å². The number of nitrogens with one attached hydrogen (secondary N) is 1. The lowest BCUT2D eigenvalue weighted by Gasteiger charge is -2.50. The van der Waals surface area contributed by atoms with Crippen LogP contribution < -0.4 is 9.62 Å². The van der Waals surface area contributed by atoms with E-state index >= 15 is 0 Å². The number of hydrogen-bond acceptors (Lipinski definition) is 4. The molecule has 0 bridgehead atoms. The Bertz CT molecular complexity index is 664. The summed E-state index contributed by atoms with van der Waals surface area (Å²) >= 11 is 0. The van der Waals surface area contributed by atoms with E-state index in [1.54, 1.807) is 14.1 Å². The molecule has 2 fully saturated rings. The lowest BCUT2D eigenvalue weighted by atomic mass is 9.80. The van der Waals surface area contributed by atoms with Crippen LogP contribution in [-0.2, 0) is 10.2 Å². The zero-order valence-corrected chi connectivity index (χ0v) is 16.8. The SMILES string of the molecule is CN(C)S(=O)(=O)NCC1(N2CCN(c3ccccc3)CC2)CCCCC1. The lowest BCUT2D eigenvalue weighted by Crippen LogP contribution is -2.62. The average molecular weight is 381 g/mol. The highest BCUT2D eigenvalue weighted by Crippen LogP contribution is 2.34. The molecule has 1 heterocycles. The number of benzene rings is 1. The van der Waals surface area contributed by atoms with Gasteiger partial charge in [0, 0.05) is 58.0 Å². The number of hydrogen-bond donors (Lipinski definition) is 1. The van der Waals surface area contributed by atoms with Crippen LogP contribution in [0, 0.1) is 0 Å². The van der Waals surface area contributed by atoms with Crippen molar-refractivity contribution < 1.29 is 8.42 Å². The van der Waals surface area contributed by atoms with Gasteiger partial charge in [-0.1, -0.05) is 37.5 Å². The van der Waals surface area contributed by atoms with Gasteiger partial charge < -0.3 is 4.90 Å². The summed E-state index contributed by atoms with van der Waals surface area (Å²) in [4.78, 5) is 4.97. The zero-order chi connectivity index (χ0) is 18.6. The summed E-state index contributed by atoms with van der Waals surface area (Å²) in [7, 11) is -0.226. The van der Waals surface area contributed by atoms with Crippen LogP contribution in [0.2, 0.25) is 0 Å². The van der Waals surface area contributed by atoms with Gasteiger partial charge >= 0.3 is 0 Å². The summed E-state index contributed by atoms with van der Waals surface area (Å²) < 4.78 is 28.6. The molecule has 0 spiro atoms. The summed E-state index contributed by atoms with van der Waals surface area (Å²) in [6, 6.07) is 10.5. The molecular weight excluding hydrogens is 348 g/mol. The van der Waals surface area contributed by atoms with Gasteiger partial charge in [0.15, 0.2) is 0 Å². The van der Waals surface area contributed by atoms with E-state index in [0.29, 0.717) is 6.54 Å². The van der Waals surface area contributed by atoms with Crippen LogP contribution in [0.3, 0.4) is 0 Å². The number of piperazine rings is 1. The second-order valence-corrected chi connectivity index (χ2v) is 9.67. The molecule has 0 atom stereocenters. The summed E-state index contributed by atoms with van der Waals surface area (Å²) in [5, 5.41) is 0. The fraction of sp³-hybridized carbons (Fsp3) is 0.684. The van der Waals surface area contributed by atoms with Crippen molar-refractivity contribution in [3.63, 3.8) is 0 Å². The standard InChI is InChI=1S/C19H32N4O2S/c1-21(2)26(24,25)20-17-19(11-7-4-8-12-19)23-15-13-22(14-16-23)18-9-5-3-6-10-18/h3,5-6,9-10,20H,4,7-8,11-17H2,1-2H3. The first-order valence-electron chi connectivity index (χ1n) is 9.65. The van der Waals surface area contributed by atoms with E-state index in [9.17, 15) is 8.42 Å². The summed E-state index contributed by atoms with van der Waals surface area (Å²) in [5.41, 5.74) is 1.24. The minimum absolute atomic E-state index is 0.0376. The monoisotopic (exact) mass is 380 g/mol. The Balaban J connectivity index is 1.67. The van der Waals surface area contributed by atoms with Crippen LogP contribution in [-0.4, -0.2) is 70.0 Å². The minimum Gasteiger partial charge on any atom is -0.369 e. The number of anilines is 1. The molecule has 7 heteroatoms. The molecule has 1 aromatic rings. The normalized spacial score (nSPS) is 21.9. The number of nitrogens with zero attached hydrogens (tertiary/aromatic N) is 3. The van der Waals surface area contributed by atoms with Gasteiger partial charge in [-0.25, -0.2) is 4.72 Å². The van der Waals surface area contributed by atoms with Crippen LogP contribution in [0.25, 0.3) is 0 Å². The molecule has 1 aliphatic heterocycles. The molecule has 3 rings (SSSR count). The maximum Gasteiger partial charge on any atom is 0.278 e. The van der Waals surface area contributed by atoms with Gasteiger partial charge in [0.05, 0.1) is 0 Å². The van der Waals surface area contributed by atoms with E-state index in [1.165, 1.54) is 29.3 Å². The molecular formula is C19H32N4O2S. The van der Waals surface area contributed by atoms with E-state index in [4.69, 9.17) is 0 Å². The Kier molecular flexibility index (Phi) is 6.22. The second kappa shape index (κ2) is 8.25. The molecule has 26 heavy (non-hydrogen) atoms. The predicted molar refractivity (Wildman–Crippen MR) is 107 cm³/mol. The van der Waals surface area contributed by atoms with Gasteiger partial charge in [0.2, 0.25) is 0 Å². The molecule has 0 unspecified atom stereocenters. The first-order valence-corrected chi connectivity index (χ1v) is 11.1. The number of rotatable bonds is 6. The molecule has 0 radical (unpaired) electrons. The molecule has 0 amide bonds. The fourth-order valence-corrected chi connectivity index (χ4v) is 4.96. The van der Waals surface area contributed by atoms with E-state index in [1.807, 2.05) is 6.07 Å². The molecule has 2 aliphatic rings. The van der Waals surface area contributed by atoms with E-state index in [0.717, 1.165) is 39.0 Å². The zero-order valence-electron chi connectivity index (χ0n) is 16.0. The third-order valence-electron chi connectivity index (χ3n) is 5.92. The Labute approximate surface area is 158 Å². The minimum atomic E-state index is -3.38. The predicted octanol–water partition coefficient (Wildman–Crippen LogP) is 1.91. The maximum absolute atomic E-state index is 12.2. The maximum atomic E-state index is 12.2. The van der Waals surface area contributed by atoms with Crippen molar-refractivity contribution in [2.45, 2.75) is 37.6 Å². The molecule has 1 saturated heterocycles. The largest absolute Gasteiger partial charge is 0.369 e. The third-order valence-corrected chi connectivity index (χ3v) is 7.39. The summed E-state index contributed by atoms with van der Waals surface area (Å²) in [6.45, 7) is 4.47. The molecule has 1 saturated carbocycles. The van der Waals surface area contributed by atoms with Crippen molar-refractivity contribution in [3.05, 3.63) is 30.3 Å². The van der Waals surface area contributed by atoms with Gasteiger partial charge in [-0.2, -0.15) is 12.7 Å². The van der Waals surface area contributed by atoms with Gasteiger partial charge in [0.1, 0.15) is 0 Å². The van der Waals surface area contributed by atoms with Crippen LogP contribution >= 0.6 is 0 Å². The molecule has 146 valence electrons. The second-order valence-electron chi connectivity index (χ2n) is 7.70. The van der Waals surface area contributed by atoms with Crippen molar-refractivity contribution in [1.29, 1.82) is 0 Å². The van der Waals surface area contributed by atoms with Crippen molar-refractivity contribution in [2.24, 2.45) is 0 Å². The third kappa shape index (κ3) is 4.39. The van der Waals surface area contributed by atoms with E-state index < -0.39 is 10.2 Å². The summed E-state index contributed by atoms with van der Waals surface area (Å²) in [6.07, 6.45) is 5.78. The van der Waals surface area contributed by atoms with Crippen LogP contribution in [0.5, 0.6) is 0 Å². The van der Waals surface area contributed by atoms with Crippen molar-refractivity contribution in [2.75, 3.05) is 51.7 Å². The summed E-state index contributed by atoms with van der Waals surface area (Å²) in [5.74, 6) is 0. The van der Waals surface area contributed by atoms with Crippen LogP contribution in [0.15, 0.2) is 30.3 Å². The Morgan fingerprint density at radius 3 is 2.19 bits per heavy atom. The average Bonchev–Trinajstić information content (AvgIpc) is 2.68. The highest BCUT2D eigenvalue weighted by atomic mass is 32.2. The molecule has 1 N–H and O–H groups in total. The van der Waals surface area contributed by atoms with Crippen molar-refractivity contribution >= 4 is 15.9 Å². The van der Waals surface area contributed by atoms with Gasteiger partial charge in [-0.05, 0) is 25.0 Å². The Morgan fingerprint density at radius 2 is 1.62 bits per heavy atom. The molecule has 6 nitrogen and oxygen atoms in total. The van der Waals surface area contributed by atoms with Gasteiger partial charge in [-0.3, -0.25) is 4.90 Å². The molecule has 0 aromatic heterocycles. The molecule has 1 aromatic carbocycles. The van der Waals surface area contributed by atoms with Crippen LogP contribution in [0.4, 0.5) is 5.69 Å². The van der Waals surface area contributed by atoms with Gasteiger partial charge in [-0.15, -0.1) is 0 Å². The van der Waals surface area contributed by atoms with E-state index in [-0.39, 0.29) is 5.54 Å².